The number of nitrogens with one attached hydrogen (secondary N) is 1. The average Bonchev–Trinajstić information content (AvgIpc) is 3.02. The molecule has 3 rings (SSSR count). The molecule has 2 aromatic carbocycles. The molecule has 0 aromatic heterocycles. The first kappa shape index (κ1) is 17.8. The van der Waals surface area contributed by atoms with Crippen LogP contribution in [0.1, 0.15) is 22.8 Å². The smallest absolute Gasteiger partial charge is 0.414 e. The third-order valence-corrected chi connectivity index (χ3v) is 4.20. The molecule has 1 atom stereocenters. The fraction of sp³-hybridized carbons (Fsp3) is 0.263. The number of benzene rings is 2. The fourth-order valence-corrected chi connectivity index (χ4v) is 2.70. The van der Waals surface area contributed by atoms with Gasteiger partial charge in [-0.25, -0.2) is 13.6 Å². The standard InChI is InChI=1S/C19H18F2N2O3/c1-2-12-3-6-14(7-4-12)23-11-15(26-19(23)25)10-22-18(24)13-5-8-16(20)17(21)9-13/h3-9,15H,2,10-11H2,1H3,(H,22,24). The van der Waals surface area contributed by atoms with Crippen molar-refractivity contribution in [2.24, 2.45) is 0 Å². The molecule has 1 aliphatic rings. The Balaban J connectivity index is 1.58. The lowest BCUT2D eigenvalue weighted by Crippen LogP contribution is -2.34. The number of hydrogen-bond acceptors (Lipinski definition) is 3. The van der Waals surface area contributed by atoms with Gasteiger partial charge in [-0.1, -0.05) is 19.1 Å². The number of amides is 2. The third kappa shape index (κ3) is 3.82. The number of carbonyl (C=O) groups excluding carboxylic acids is 2. The van der Waals surface area contributed by atoms with E-state index in [0.29, 0.717) is 6.54 Å². The highest BCUT2D eigenvalue weighted by Gasteiger charge is 2.32. The maximum absolute atomic E-state index is 13.2. The van der Waals surface area contributed by atoms with Crippen LogP contribution in [0, 0.1) is 11.6 Å². The first-order chi connectivity index (χ1) is 12.5. The van der Waals surface area contributed by atoms with Crippen molar-refractivity contribution in [1.29, 1.82) is 0 Å². The monoisotopic (exact) mass is 360 g/mol. The molecule has 2 amide bonds. The topological polar surface area (TPSA) is 58.6 Å². The van der Waals surface area contributed by atoms with Gasteiger partial charge in [0.1, 0.15) is 6.10 Å². The molecule has 2 aromatic rings. The van der Waals surface area contributed by atoms with Crippen LogP contribution < -0.4 is 10.2 Å². The van der Waals surface area contributed by atoms with E-state index < -0.39 is 29.7 Å². The minimum Gasteiger partial charge on any atom is -0.442 e. The largest absolute Gasteiger partial charge is 0.442 e. The summed E-state index contributed by atoms with van der Waals surface area (Å²) in [7, 11) is 0. The summed E-state index contributed by atoms with van der Waals surface area (Å²) in [6, 6.07) is 10.5. The molecule has 1 unspecified atom stereocenters. The van der Waals surface area contributed by atoms with E-state index in [4.69, 9.17) is 4.74 Å². The predicted molar refractivity (Wildman–Crippen MR) is 92.1 cm³/mol. The Morgan fingerprint density at radius 1 is 1.19 bits per heavy atom. The Morgan fingerprint density at radius 2 is 1.92 bits per heavy atom. The molecule has 1 heterocycles. The normalized spacial score (nSPS) is 16.5. The van der Waals surface area contributed by atoms with Gasteiger partial charge in [0, 0.05) is 11.3 Å². The summed E-state index contributed by atoms with van der Waals surface area (Å²) in [5.41, 5.74) is 1.89. The molecular weight excluding hydrogens is 342 g/mol. The molecule has 7 heteroatoms. The predicted octanol–water partition coefficient (Wildman–Crippen LogP) is 3.28. The Labute approximate surface area is 149 Å². The zero-order valence-corrected chi connectivity index (χ0v) is 14.2. The molecule has 0 spiro atoms. The average molecular weight is 360 g/mol. The van der Waals surface area contributed by atoms with Crippen molar-refractivity contribution in [3.8, 4) is 0 Å². The lowest BCUT2D eigenvalue weighted by molar-refractivity contribution is 0.0915. The Kier molecular flexibility index (Phi) is 5.16. The Morgan fingerprint density at radius 3 is 2.58 bits per heavy atom. The number of anilines is 1. The summed E-state index contributed by atoms with van der Waals surface area (Å²) < 4.78 is 31.4. The van der Waals surface area contributed by atoms with Crippen LogP contribution in [0.3, 0.4) is 0 Å². The maximum Gasteiger partial charge on any atom is 0.414 e. The van der Waals surface area contributed by atoms with Gasteiger partial charge in [-0.05, 0) is 42.3 Å². The van der Waals surface area contributed by atoms with Crippen LogP contribution >= 0.6 is 0 Å². The van der Waals surface area contributed by atoms with E-state index in [2.05, 4.69) is 5.32 Å². The van der Waals surface area contributed by atoms with Crippen LogP contribution in [-0.4, -0.2) is 31.2 Å². The van der Waals surface area contributed by atoms with Gasteiger partial charge in [-0.2, -0.15) is 0 Å². The van der Waals surface area contributed by atoms with E-state index in [-0.39, 0.29) is 12.1 Å². The van der Waals surface area contributed by atoms with Gasteiger partial charge in [0.05, 0.1) is 13.1 Å². The van der Waals surface area contributed by atoms with Crippen molar-refractivity contribution in [1.82, 2.24) is 5.32 Å². The number of ether oxygens (including phenoxy) is 1. The molecule has 1 saturated heterocycles. The van der Waals surface area contributed by atoms with Gasteiger partial charge in [0.2, 0.25) is 0 Å². The van der Waals surface area contributed by atoms with Crippen molar-refractivity contribution in [3.63, 3.8) is 0 Å². The molecule has 1 fully saturated rings. The number of rotatable bonds is 5. The van der Waals surface area contributed by atoms with Crippen molar-refractivity contribution < 1.29 is 23.1 Å². The zero-order valence-electron chi connectivity index (χ0n) is 14.2. The summed E-state index contributed by atoms with van der Waals surface area (Å²) in [6.07, 6.45) is -0.104. The Hall–Kier alpha value is -2.96. The number of carbonyl (C=O) groups is 2. The van der Waals surface area contributed by atoms with E-state index in [1.54, 1.807) is 0 Å². The summed E-state index contributed by atoms with van der Waals surface area (Å²) in [6.45, 7) is 2.42. The molecule has 0 aliphatic carbocycles. The fourth-order valence-electron chi connectivity index (χ4n) is 2.70. The minimum atomic E-state index is -1.09. The second-order valence-electron chi connectivity index (χ2n) is 5.98. The number of hydrogen-bond donors (Lipinski definition) is 1. The molecule has 0 radical (unpaired) electrons. The van der Waals surface area contributed by atoms with Gasteiger partial charge in [0.15, 0.2) is 11.6 Å². The van der Waals surface area contributed by atoms with Gasteiger partial charge in [0.25, 0.3) is 5.91 Å². The number of cyclic esters (lactones) is 1. The molecule has 1 aliphatic heterocycles. The lowest BCUT2D eigenvalue weighted by Gasteiger charge is -2.13. The quantitative estimate of drug-likeness (QED) is 0.890. The number of nitrogens with zero attached hydrogens (tertiary/aromatic N) is 1. The molecule has 1 N–H and O–H groups in total. The molecule has 26 heavy (non-hydrogen) atoms. The summed E-state index contributed by atoms with van der Waals surface area (Å²) in [5, 5.41) is 2.57. The number of aryl methyl sites for hydroxylation is 1. The highest BCUT2D eigenvalue weighted by atomic mass is 19.2. The highest BCUT2D eigenvalue weighted by molar-refractivity contribution is 5.94. The van der Waals surface area contributed by atoms with E-state index >= 15 is 0 Å². The van der Waals surface area contributed by atoms with Gasteiger partial charge < -0.3 is 10.1 Å². The van der Waals surface area contributed by atoms with E-state index in [0.717, 1.165) is 29.8 Å². The maximum atomic E-state index is 13.2. The van der Waals surface area contributed by atoms with Crippen LogP contribution in [0.4, 0.5) is 19.3 Å². The molecule has 0 bridgehead atoms. The number of halogens is 2. The van der Waals surface area contributed by atoms with Crippen molar-refractivity contribution in [2.45, 2.75) is 19.4 Å². The van der Waals surface area contributed by atoms with Crippen LogP contribution in [0.15, 0.2) is 42.5 Å². The van der Waals surface area contributed by atoms with E-state index in [1.807, 2.05) is 31.2 Å². The summed E-state index contributed by atoms with van der Waals surface area (Å²) in [4.78, 5) is 25.5. The molecular formula is C19H18F2N2O3. The van der Waals surface area contributed by atoms with E-state index in [1.165, 1.54) is 11.0 Å². The van der Waals surface area contributed by atoms with Crippen LogP contribution in [0.2, 0.25) is 0 Å². The van der Waals surface area contributed by atoms with Gasteiger partial charge in [-0.3, -0.25) is 9.69 Å². The minimum absolute atomic E-state index is 0.000217. The first-order valence-corrected chi connectivity index (χ1v) is 8.28. The third-order valence-electron chi connectivity index (χ3n) is 4.20. The second-order valence-corrected chi connectivity index (χ2v) is 5.98. The SMILES string of the molecule is CCc1ccc(N2CC(CNC(=O)c3ccc(F)c(F)c3)OC2=O)cc1. The Bertz CT molecular complexity index is 824. The van der Waals surface area contributed by atoms with Crippen molar-refractivity contribution in [3.05, 3.63) is 65.2 Å². The molecule has 5 nitrogen and oxygen atoms in total. The summed E-state index contributed by atoms with van der Waals surface area (Å²) >= 11 is 0. The van der Waals surface area contributed by atoms with Crippen LogP contribution in [0.25, 0.3) is 0 Å². The highest BCUT2D eigenvalue weighted by Crippen LogP contribution is 2.22. The molecule has 0 saturated carbocycles. The van der Waals surface area contributed by atoms with Crippen molar-refractivity contribution in [2.75, 3.05) is 18.0 Å². The van der Waals surface area contributed by atoms with Crippen LogP contribution in [0.5, 0.6) is 0 Å². The first-order valence-electron chi connectivity index (χ1n) is 8.28. The van der Waals surface area contributed by atoms with Crippen LogP contribution in [-0.2, 0) is 11.2 Å². The van der Waals surface area contributed by atoms with E-state index in [9.17, 15) is 18.4 Å². The zero-order chi connectivity index (χ0) is 18.7. The summed E-state index contributed by atoms with van der Waals surface area (Å²) in [5.74, 6) is -2.67. The second kappa shape index (κ2) is 7.51. The van der Waals surface area contributed by atoms with Crippen molar-refractivity contribution >= 4 is 17.7 Å². The van der Waals surface area contributed by atoms with Gasteiger partial charge >= 0.3 is 6.09 Å². The van der Waals surface area contributed by atoms with Gasteiger partial charge in [-0.15, -0.1) is 0 Å². The molecule has 136 valence electrons. The lowest BCUT2D eigenvalue weighted by atomic mass is 10.1.